The first-order valence-electron chi connectivity index (χ1n) is 11.9. The van der Waals surface area contributed by atoms with Gasteiger partial charge in [0.05, 0.1) is 16.6 Å². The third-order valence-corrected chi connectivity index (χ3v) is 9.02. The Morgan fingerprint density at radius 3 is 2.21 bits per heavy atom. The van der Waals surface area contributed by atoms with Gasteiger partial charge in [0.2, 0.25) is 15.9 Å². The SMILES string of the molecule is O=C(CCN1CCC(O)CC1)N1CCC(N(C2CC2)S(=O)(=O)c2cccc(C(F)(F)F)c2)CC1. The monoisotopic (exact) mass is 503 g/mol. The fourth-order valence-corrected chi connectivity index (χ4v) is 6.88. The van der Waals surface area contributed by atoms with Crippen molar-refractivity contribution in [2.75, 3.05) is 32.7 Å². The molecule has 7 nitrogen and oxygen atoms in total. The molecule has 1 amide bonds. The summed E-state index contributed by atoms with van der Waals surface area (Å²) in [6.45, 7) is 3.07. The highest BCUT2D eigenvalue weighted by molar-refractivity contribution is 7.89. The molecule has 0 unspecified atom stereocenters. The van der Waals surface area contributed by atoms with E-state index in [2.05, 4.69) is 4.90 Å². The van der Waals surface area contributed by atoms with E-state index in [-0.39, 0.29) is 29.0 Å². The fraction of sp³-hybridized carbons (Fsp3) is 0.696. The first kappa shape index (κ1) is 25.4. The van der Waals surface area contributed by atoms with Crippen LogP contribution in [0.25, 0.3) is 0 Å². The zero-order chi connectivity index (χ0) is 24.5. The van der Waals surface area contributed by atoms with E-state index in [1.807, 2.05) is 0 Å². The molecule has 11 heteroatoms. The van der Waals surface area contributed by atoms with Gasteiger partial charge in [0.15, 0.2) is 0 Å². The van der Waals surface area contributed by atoms with Crippen LogP contribution in [0.2, 0.25) is 0 Å². The lowest BCUT2D eigenvalue weighted by Gasteiger charge is -2.38. The van der Waals surface area contributed by atoms with Crippen LogP contribution in [0.3, 0.4) is 0 Å². The van der Waals surface area contributed by atoms with Crippen molar-refractivity contribution >= 4 is 15.9 Å². The molecule has 0 spiro atoms. The largest absolute Gasteiger partial charge is 0.416 e. The van der Waals surface area contributed by atoms with Crippen molar-refractivity contribution in [3.63, 3.8) is 0 Å². The van der Waals surface area contributed by atoms with Gasteiger partial charge >= 0.3 is 6.18 Å². The number of aliphatic hydroxyl groups is 1. The van der Waals surface area contributed by atoms with Crippen LogP contribution in [0.15, 0.2) is 29.2 Å². The van der Waals surface area contributed by atoms with E-state index in [0.29, 0.717) is 57.8 Å². The van der Waals surface area contributed by atoms with Crippen LogP contribution in [0.4, 0.5) is 13.2 Å². The molecule has 1 saturated carbocycles. The van der Waals surface area contributed by atoms with Crippen molar-refractivity contribution < 1.29 is 31.5 Å². The molecule has 34 heavy (non-hydrogen) atoms. The molecule has 190 valence electrons. The van der Waals surface area contributed by atoms with E-state index < -0.39 is 21.8 Å². The number of benzene rings is 1. The van der Waals surface area contributed by atoms with Crippen molar-refractivity contribution in [1.29, 1.82) is 0 Å². The summed E-state index contributed by atoms with van der Waals surface area (Å²) in [6, 6.07) is 3.41. The van der Waals surface area contributed by atoms with Crippen LogP contribution >= 0.6 is 0 Å². The topological polar surface area (TPSA) is 81.2 Å². The lowest BCUT2D eigenvalue weighted by molar-refractivity contribution is -0.137. The van der Waals surface area contributed by atoms with Gasteiger partial charge in [0.25, 0.3) is 0 Å². The molecule has 3 aliphatic rings. The summed E-state index contributed by atoms with van der Waals surface area (Å²) in [6.07, 6.45) is -0.720. The maximum absolute atomic E-state index is 13.4. The summed E-state index contributed by atoms with van der Waals surface area (Å²) in [5, 5.41) is 9.60. The standard InChI is InChI=1S/C23H32F3N3O4S/c24-23(25,26)17-2-1-3-21(16-17)34(32,33)29(18-4-5-18)19-6-14-28(15-7-19)22(31)10-13-27-11-8-20(30)9-12-27/h1-3,16,18-20,30H,4-15H2. The molecule has 2 aliphatic heterocycles. The van der Waals surface area contributed by atoms with E-state index in [0.717, 1.165) is 38.1 Å². The Morgan fingerprint density at radius 2 is 1.62 bits per heavy atom. The van der Waals surface area contributed by atoms with Crippen LogP contribution in [0.1, 0.15) is 50.5 Å². The highest BCUT2D eigenvalue weighted by Crippen LogP contribution is 2.38. The minimum atomic E-state index is -4.62. The van der Waals surface area contributed by atoms with E-state index >= 15 is 0 Å². The number of piperidine rings is 2. The molecule has 3 fully saturated rings. The molecule has 1 N–H and O–H groups in total. The summed E-state index contributed by atoms with van der Waals surface area (Å²) < 4.78 is 67.6. The zero-order valence-corrected chi connectivity index (χ0v) is 19.9. The number of hydrogen-bond acceptors (Lipinski definition) is 5. The van der Waals surface area contributed by atoms with Gasteiger partial charge in [-0.05, 0) is 56.7 Å². The van der Waals surface area contributed by atoms with Gasteiger partial charge in [0.1, 0.15) is 0 Å². The summed E-state index contributed by atoms with van der Waals surface area (Å²) in [5.41, 5.74) is -0.979. The van der Waals surface area contributed by atoms with Crippen LogP contribution in [0, 0.1) is 0 Å². The maximum atomic E-state index is 13.4. The lowest BCUT2D eigenvalue weighted by atomic mass is 10.0. The maximum Gasteiger partial charge on any atom is 0.416 e. The summed E-state index contributed by atoms with van der Waals surface area (Å²) in [7, 11) is -4.08. The number of likely N-dealkylation sites (tertiary alicyclic amines) is 2. The summed E-state index contributed by atoms with van der Waals surface area (Å²) in [5.74, 6) is 0.0308. The molecule has 0 aromatic heterocycles. The minimum absolute atomic E-state index is 0.0308. The van der Waals surface area contributed by atoms with Crippen LogP contribution in [0.5, 0.6) is 0 Å². The number of carbonyl (C=O) groups is 1. The number of aliphatic hydroxyl groups excluding tert-OH is 1. The van der Waals surface area contributed by atoms with Crippen LogP contribution in [-0.2, 0) is 21.0 Å². The van der Waals surface area contributed by atoms with E-state index in [1.165, 1.54) is 10.4 Å². The molecule has 1 aromatic carbocycles. The summed E-state index contributed by atoms with van der Waals surface area (Å²) >= 11 is 0. The molecule has 0 atom stereocenters. The second-order valence-corrected chi connectivity index (χ2v) is 11.4. The second kappa shape index (κ2) is 10.1. The van der Waals surface area contributed by atoms with Crippen molar-refractivity contribution in [2.24, 2.45) is 0 Å². The zero-order valence-electron chi connectivity index (χ0n) is 19.1. The Balaban J connectivity index is 1.37. The predicted molar refractivity (Wildman–Crippen MR) is 119 cm³/mol. The van der Waals surface area contributed by atoms with Crippen molar-refractivity contribution in [3.8, 4) is 0 Å². The molecule has 1 aliphatic carbocycles. The van der Waals surface area contributed by atoms with Gasteiger partial charge in [0, 0.05) is 51.2 Å². The molecule has 1 aromatic rings. The molecule has 4 rings (SSSR count). The number of alkyl halides is 3. The van der Waals surface area contributed by atoms with Crippen molar-refractivity contribution in [1.82, 2.24) is 14.1 Å². The number of nitrogens with zero attached hydrogens (tertiary/aromatic N) is 3. The predicted octanol–water partition coefficient (Wildman–Crippen LogP) is 2.70. The highest BCUT2D eigenvalue weighted by atomic mass is 32.2. The van der Waals surface area contributed by atoms with Gasteiger partial charge < -0.3 is 14.9 Å². The van der Waals surface area contributed by atoms with Crippen LogP contribution in [-0.4, -0.2) is 84.4 Å². The minimum Gasteiger partial charge on any atom is -0.393 e. The molecular weight excluding hydrogens is 471 g/mol. The average Bonchev–Trinajstić information content (AvgIpc) is 3.63. The van der Waals surface area contributed by atoms with E-state index in [9.17, 15) is 31.5 Å². The van der Waals surface area contributed by atoms with Crippen molar-refractivity contribution in [2.45, 2.75) is 74.2 Å². The van der Waals surface area contributed by atoms with Gasteiger partial charge in [-0.1, -0.05) is 6.07 Å². The Kier molecular flexibility index (Phi) is 7.56. The molecule has 2 heterocycles. The number of amides is 1. The summed E-state index contributed by atoms with van der Waals surface area (Å²) in [4.78, 5) is 16.3. The average molecular weight is 504 g/mol. The molecule has 2 saturated heterocycles. The number of sulfonamides is 1. The van der Waals surface area contributed by atoms with Gasteiger partial charge in [-0.2, -0.15) is 17.5 Å². The van der Waals surface area contributed by atoms with E-state index in [1.54, 1.807) is 4.90 Å². The fourth-order valence-electron chi connectivity index (χ4n) is 4.90. The first-order valence-corrected chi connectivity index (χ1v) is 13.4. The second-order valence-electron chi connectivity index (χ2n) is 9.53. The van der Waals surface area contributed by atoms with Crippen LogP contribution < -0.4 is 0 Å². The third kappa shape index (κ3) is 5.92. The number of rotatable bonds is 7. The quantitative estimate of drug-likeness (QED) is 0.619. The smallest absolute Gasteiger partial charge is 0.393 e. The molecule has 0 bridgehead atoms. The van der Waals surface area contributed by atoms with Gasteiger partial charge in [-0.25, -0.2) is 8.42 Å². The Hall–Kier alpha value is -1.69. The van der Waals surface area contributed by atoms with Gasteiger partial charge in [-0.15, -0.1) is 0 Å². The first-order chi connectivity index (χ1) is 16.1. The van der Waals surface area contributed by atoms with Gasteiger partial charge in [-0.3, -0.25) is 4.79 Å². The highest BCUT2D eigenvalue weighted by Gasteiger charge is 2.44. The van der Waals surface area contributed by atoms with Crippen molar-refractivity contribution in [3.05, 3.63) is 29.8 Å². The lowest BCUT2D eigenvalue weighted by Crippen LogP contribution is -2.50. The third-order valence-electron chi connectivity index (χ3n) is 7.02. The Morgan fingerprint density at radius 1 is 1.00 bits per heavy atom. The number of carbonyl (C=O) groups excluding carboxylic acids is 1. The molecule has 0 radical (unpaired) electrons. The Bertz CT molecular complexity index is 968. The number of hydrogen-bond donors (Lipinski definition) is 1. The normalized spacial score (nSPS) is 21.9. The van der Waals surface area contributed by atoms with E-state index in [4.69, 9.17) is 0 Å². The molecular formula is C23H32F3N3O4S. The number of halogens is 3. The Labute approximate surface area is 198 Å².